The fourth-order valence-electron chi connectivity index (χ4n) is 4.02. The summed E-state index contributed by atoms with van der Waals surface area (Å²) >= 11 is 6.40. The minimum absolute atomic E-state index is 0.0655. The van der Waals surface area contributed by atoms with Gasteiger partial charge in [-0.15, -0.1) is 0 Å². The van der Waals surface area contributed by atoms with Crippen LogP contribution in [0.1, 0.15) is 31.4 Å². The lowest BCUT2D eigenvalue weighted by atomic mass is 9.92. The van der Waals surface area contributed by atoms with E-state index in [1.165, 1.54) is 0 Å². The van der Waals surface area contributed by atoms with Crippen LogP contribution in [0.5, 0.6) is 0 Å². The highest BCUT2D eigenvalue weighted by Crippen LogP contribution is 2.27. The molecule has 2 atom stereocenters. The summed E-state index contributed by atoms with van der Waals surface area (Å²) in [7, 11) is 0. The van der Waals surface area contributed by atoms with Gasteiger partial charge < -0.3 is 15.4 Å². The molecule has 0 amide bonds. The quantitative estimate of drug-likeness (QED) is 0.698. The lowest BCUT2D eigenvalue weighted by Gasteiger charge is -2.22. The van der Waals surface area contributed by atoms with Gasteiger partial charge >= 0.3 is 0 Å². The molecule has 2 aromatic heterocycles. The van der Waals surface area contributed by atoms with Crippen LogP contribution in [0.15, 0.2) is 24.7 Å². The summed E-state index contributed by atoms with van der Waals surface area (Å²) in [6.45, 7) is 4.18. The number of halogens is 1. The minimum Gasteiger partial charge on any atom is -0.381 e. The third-order valence-electron chi connectivity index (χ3n) is 5.76. The number of nitrogens with one attached hydrogen (secondary N) is 2. The number of hydrogen-bond donors (Lipinski definition) is 2. The van der Waals surface area contributed by atoms with Gasteiger partial charge in [0.05, 0.1) is 29.7 Å². The van der Waals surface area contributed by atoms with Gasteiger partial charge in [-0.3, -0.25) is 14.8 Å². The third kappa shape index (κ3) is 5.53. The van der Waals surface area contributed by atoms with Gasteiger partial charge in [-0.25, -0.2) is 4.98 Å². The van der Waals surface area contributed by atoms with Crippen molar-refractivity contribution in [2.24, 2.45) is 11.8 Å². The highest BCUT2D eigenvalue weighted by molar-refractivity contribution is 6.33. The lowest BCUT2D eigenvalue weighted by molar-refractivity contribution is -0.122. The molecule has 0 spiro atoms. The van der Waals surface area contributed by atoms with Gasteiger partial charge in [-0.05, 0) is 44.2 Å². The summed E-state index contributed by atoms with van der Waals surface area (Å²) in [6.07, 6.45) is 9.54. The number of nitrogens with zero attached hydrogens (tertiary/aromatic N) is 3. The molecule has 30 heavy (non-hydrogen) atoms. The summed E-state index contributed by atoms with van der Waals surface area (Å²) in [5, 5.41) is 7.15. The first kappa shape index (κ1) is 21.2. The van der Waals surface area contributed by atoms with Crippen LogP contribution in [0.4, 0.5) is 5.82 Å². The molecular formula is C22H28ClN5O2. The van der Waals surface area contributed by atoms with Crippen molar-refractivity contribution in [1.82, 2.24) is 20.3 Å². The number of hydrogen-bond acceptors (Lipinski definition) is 7. The molecule has 160 valence electrons. The Bertz CT molecular complexity index is 866. The monoisotopic (exact) mass is 429 g/mol. The topological polar surface area (TPSA) is 89.0 Å². The van der Waals surface area contributed by atoms with E-state index in [0.717, 1.165) is 64.1 Å². The van der Waals surface area contributed by atoms with Gasteiger partial charge in [0.1, 0.15) is 11.6 Å². The van der Waals surface area contributed by atoms with E-state index in [9.17, 15) is 4.79 Å². The number of carbonyl (C=O) groups excluding carboxylic acids is 1. The molecule has 2 fully saturated rings. The largest absolute Gasteiger partial charge is 0.381 e. The number of pyridine rings is 1. The second-order valence-corrected chi connectivity index (χ2v) is 8.50. The van der Waals surface area contributed by atoms with E-state index in [-0.39, 0.29) is 11.7 Å². The Kier molecular flexibility index (Phi) is 7.25. The SMILES string of the molecule is O=C(Cc1cc(-c2cncc(NCC3CCCOC3)n2)c(Cl)cn1)[C@H]1CCCNC1. The molecule has 1 unspecified atom stereocenters. The van der Waals surface area contributed by atoms with Gasteiger partial charge in [0.25, 0.3) is 0 Å². The first-order chi connectivity index (χ1) is 14.7. The molecular weight excluding hydrogens is 402 g/mol. The van der Waals surface area contributed by atoms with E-state index in [2.05, 4.69) is 25.6 Å². The molecule has 0 aromatic carbocycles. The van der Waals surface area contributed by atoms with Gasteiger partial charge in [0.15, 0.2) is 0 Å². The van der Waals surface area contributed by atoms with E-state index >= 15 is 0 Å². The van der Waals surface area contributed by atoms with Crippen molar-refractivity contribution < 1.29 is 9.53 Å². The molecule has 4 heterocycles. The van der Waals surface area contributed by atoms with Crippen molar-refractivity contribution in [2.45, 2.75) is 32.1 Å². The molecule has 8 heteroatoms. The van der Waals surface area contributed by atoms with Gasteiger partial charge in [0.2, 0.25) is 0 Å². The lowest BCUT2D eigenvalue weighted by Crippen LogP contribution is -2.35. The van der Waals surface area contributed by atoms with Crippen LogP contribution < -0.4 is 10.6 Å². The van der Waals surface area contributed by atoms with Crippen LogP contribution in [-0.2, 0) is 16.0 Å². The number of aromatic nitrogens is 3. The van der Waals surface area contributed by atoms with Crippen LogP contribution in [0, 0.1) is 11.8 Å². The predicted molar refractivity (Wildman–Crippen MR) is 117 cm³/mol. The molecule has 0 radical (unpaired) electrons. The fraction of sp³-hybridized carbons (Fsp3) is 0.545. The second-order valence-electron chi connectivity index (χ2n) is 8.10. The molecule has 4 rings (SSSR count). The Morgan fingerprint density at radius 2 is 2.20 bits per heavy atom. The second kappa shape index (κ2) is 10.3. The van der Waals surface area contributed by atoms with Crippen LogP contribution in [0.2, 0.25) is 5.02 Å². The fourth-order valence-corrected chi connectivity index (χ4v) is 4.22. The maximum Gasteiger partial charge on any atom is 0.145 e. The van der Waals surface area contributed by atoms with E-state index in [0.29, 0.717) is 34.6 Å². The van der Waals surface area contributed by atoms with Crippen molar-refractivity contribution in [3.05, 3.63) is 35.4 Å². The summed E-state index contributed by atoms with van der Waals surface area (Å²) < 4.78 is 5.54. The van der Waals surface area contributed by atoms with Gasteiger partial charge in [-0.2, -0.15) is 0 Å². The Labute approximate surface area is 182 Å². The molecule has 2 aromatic rings. The zero-order chi connectivity index (χ0) is 20.8. The number of carbonyl (C=O) groups is 1. The van der Waals surface area contributed by atoms with Crippen LogP contribution in [0.3, 0.4) is 0 Å². The maximum atomic E-state index is 12.6. The zero-order valence-corrected chi connectivity index (χ0v) is 17.8. The summed E-state index contributed by atoms with van der Waals surface area (Å²) in [4.78, 5) is 26.0. The number of Topliss-reactive ketones (excluding diaryl/α,β-unsaturated/α-hetero) is 1. The predicted octanol–water partition coefficient (Wildman–Crippen LogP) is 3.14. The number of ketones is 1. The third-order valence-corrected chi connectivity index (χ3v) is 6.06. The Hall–Kier alpha value is -2.09. The Morgan fingerprint density at radius 1 is 1.27 bits per heavy atom. The van der Waals surface area contributed by atoms with Crippen LogP contribution in [0.25, 0.3) is 11.3 Å². The summed E-state index contributed by atoms with van der Waals surface area (Å²) in [5.74, 6) is 1.48. The standard InChI is InChI=1S/C22H28ClN5O2/c23-19-11-26-17(8-21(29)16-4-1-5-24-10-16)7-18(19)20-12-25-13-22(28-20)27-9-15-3-2-6-30-14-15/h7,11-13,15-16,24H,1-6,8-10,14H2,(H,27,28)/t15?,16-/m0/s1. The van der Waals surface area contributed by atoms with Crippen molar-refractivity contribution in [3.8, 4) is 11.3 Å². The van der Waals surface area contributed by atoms with Crippen molar-refractivity contribution in [1.29, 1.82) is 0 Å². The van der Waals surface area contributed by atoms with E-state index in [1.54, 1.807) is 18.6 Å². The van der Waals surface area contributed by atoms with Crippen LogP contribution in [-0.4, -0.2) is 53.6 Å². The Morgan fingerprint density at radius 3 is 3.00 bits per heavy atom. The van der Waals surface area contributed by atoms with Crippen molar-refractivity contribution in [2.75, 3.05) is 38.2 Å². The smallest absolute Gasteiger partial charge is 0.145 e. The molecule has 2 aliphatic heterocycles. The van der Waals surface area contributed by atoms with Gasteiger partial charge in [-0.1, -0.05) is 11.6 Å². The number of piperidine rings is 1. The Balaban J connectivity index is 1.45. The van der Waals surface area contributed by atoms with Gasteiger partial charge in [0, 0.05) is 49.5 Å². The first-order valence-electron chi connectivity index (χ1n) is 10.7. The molecule has 2 saturated heterocycles. The molecule has 0 bridgehead atoms. The van der Waals surface area contributed by atoms with E-state index in [1.807, 2.05) is 6.07 Å². The average molecular weight is 430 g/mol. The molecule has 7 nitrogen and oxygen atoms in total. The average Bonchev–Trinajstić information content (AvgIpc) is 2.80. The molecule has 2 aliphatic rings. The summed E-state index contributed by atoms with van der Waals surface area (Å²) in [6, 6.07) is 1.86. The maximum absolute atomic E-state index is 12.6. The molecule has 0 saturated carbocycles. The summed E-state index contributed by atoms with van der Waals surface area (Å²) in [5.41, 5.74) is 2.12. The minimum atomic E-state index is 0.0655. The normalized spacial score (nSPS) is 21.9. The highest BCUT2D eigenvalue weighted by atomic mass is 35.5. The first-order valence-corrected chi connectivity index (χ1v) is 11.1. The number of ether oxygens (including phenoxy) is 1. The van der Waals surface area contributed by atoms with Crippen molar-refractivity contribution >= 4 is 23.2 Å². The van der Waals surface area contributed by atoms with E-state index < -0.39 is 0 Å². The highest BCUT2D eigenvalue weighted by Gasteiger charge is 2.22. The molecule has 2 N–H and O–H groups in total. The van der Waals surface area contributed by atoms with Crippen molar-refractivity contribution in [3.63, 3.8) is 0 Å². The number of anilines is 1. The van der Waals surface area contributed by atoms with E-state index in [4.69, 9.17) is 16.3 Å². The molecule has 0 aliphatic carbocycles. The zero-order valence-electron chi connectivity index (χ0n) is 17.1. The number of rotatable bonds is 7. The van der Waals surface area contributed by atoms with Crippen LogP contribution >= 0.6 is 11.6 Å².